The van der Waals surface area contributed by atoms with Gasteiger partial charge < -0.3 is 20.1 Å². The van der Waals surface area contributed by atoms with Crippen LogP contribution in [0.2, 0.25) is 0 Å². The summed E-state index contributed by atoms with van der Waals surface area (Å²) in [4.78, 5) is 47.2. The molecule has 2 unspecified atom stereocenters. The number of nitrogens with one attached hydrogen (secondary N) is 2. The Balaban J connectivity index is 1.85. The third-order valence-corrected chi connectivity index (χ3v) is 4.91. The number of anilines is 1. The molecule has 0 saturated carbocycles. The Morgan fingerprint density at radius 2 is 1.96 bits per heavy atom. The van der Waals surface area contributed by atoms with Crippen LogP contribution in [0.1, 0.15) is 23.7 Å². The minimum atomic E-state index is -0.683. The van der Waals surface area contributed by atoms with E-state index in [2.05, 4.69) is 15.4 Å². The molecule has 0 bridgehead atoms. The van der Waals surface area contributed by atoms with Gasteiger partial charge >= 0.3 is 11.9 Å². The Hall–Kier alpha value is -2.55. The average molecular weight is 380 g/mol. The van der Waals surface area contributed by atoms with Crippen LogP contribution in [-0.2, 0) is 23.9 Å². The highest BCUT2D eigenvalue weighted by Crippen LogP contribution is 2.22. The molecular formula is C17H20N2O6S. The van der Waals surface area contributed by atoms with Gasteiger partial charge in [0.2, 0.25) is 11.8 Å². The number of ether oxygens (including phenoxy) is 2. The zero-order valence-electron chi connectivity index (χ0n) is 14.4. The van der Waals surface area contributed by atoms with E-state index in [9.17, 15) is 19.2 Å². The Labute approximate surface area is 155 Å². The van der Waals surface area contributed by atoms with Gasteiger partial charge in [-0.05, 0) is 31.2 Å². The van der Waals surface area contributed by atoms with E-state index in [1.807, 2.05) is 0 Å². The van der Waals surface area contributed by atoms with Gasteiger partial charge in [0.05, 0.1) is 24.5 Å². The number of hydrogen-bond donors (Lipinski definition) is 2. The molecule has 2 N–H and O–H groups in total. The first-order chi connectivity index (χ1) is 12.4. The van der Waals surface area contributed by atoms with Gasteiger partial charge in [0, 0.05) is 17.9 Å². The molecule has 0 aromatic heterocycles. The molecule has 8 nitrogen and oxygen atoms in total. The first-order valence-electron chi connectivity index (χ1n) is 8.01. The Bertz CT molecular complexity index is 691. The van der Waals surface area contributed by atoms with Crippen LogP contribution in [0.4, 0.5) is 5.69 Å². The van der Waals surface area contributed by atoms with Gasteiger partial charge in [0.1, 0.15) is 6.04 Å². The van der Waals surface area contributed by atoms with E-state index >= 15 is 0 Å². The number of esters is 2. The predicted molar refractivity (Wildman–Crippen MR) is 95.8 cm³/mol. The van der Waals surface area contributed by atoms with E-state index in [0.717, 1.165) is 0 Å². The van der Waals surface area contributed by atoms with E-state index in [4.69, 9.17) is 4.74 Å². The fraction of sp³-hybridized carbons (Fsp3) is 0.412. The highest BCUT2D eigenvalue weighted by Gasteiger charge is 2.34. The summed E-state index contributed by atoms with van der Waals surface area (Å²) in [6, 6.07) is 5.54. The van der Waals surface area contributed by atoms with E-state index in [-0.39, 0.29) is 24.8 Å². The highest BCUT2D eigenvalue weighted by molar-refractivity contribution is 8.00. The summed E-state index contributed by atoms with van der Waals surface area (Å²) in [5, 5.41) is 4.68. The summed E-state index contributed by atoms with van der Waals surface area (Å²) in [6.45, 7) is 1.94. The number of amides is 2. The van der Waals surface area contributed by atoms with Crippen LogP contribution in [0.5, 0.6) is 0 Å². The second-order valence-corrected chi connectivity index (χ2v) is 6.69. The number of benzene rings is 1. The average Bonchev–Trinajstić information content (AvgIpc) is 2.63. The van der Waals surface area contributed by atoms with E-state index < -0.39 is 23.2 Å². The SMILES string of the molecule is CCOC(=O)C1CSC(CC(=O)Nc2ccc(C(=O)OC)cc2)C(=O)N1. The van der Waals surface area contributed by atoms with Crippen LogP contribution < -0.4 is 10.6 Å². The van der Waals surface area contributed by atoms with Crippen LogP contribution in [0.15, 0.2) is 24.3 Å². The number of hydrogen-bond acceptors (Lipinski definition) is 7. The Morgan fingerprint density at radius 3 is 2.54 bits per heavy atom. The largest absolute Gasteiger partial charge is 0.465 e. The van der Waals surface area contributed by atoms with Gasteiger partial charge in [-0.15, -0.1) is 11.8 Å². The quantitative estimate of drug-likeness (QED) is 0.707. The van der Waals surface area contributed by atoms with Gasteiger partial charge in [-0.25, -0.2) is 9.59 Å². The zero-order valence-corrected chi connectivity index (χ0v) is 15.3. The van der Waals surface area contributed by atoms with E-state index in [0.29, 0.717) is 17.0 Å². The van der Waals surface area contributed by atoms with Crippen molar-refractivity contribution in [1.29, 1.82) is 0 Å². The number of methoxy groups -OCH3 is 1. The molecule has 1 aliphatic heterocycles. The lowest BCUT2D eigenvalue weighted by Gasteiger charge is -2.27. The lowest BCUT2D eigenvalue weighted by molar-refractivity contribution is -0.146. The topological polar surface area (TPSA) is 111 Å². The van der Waals surface area contributed by atoms with Crippen LogP contribution in [0.25, 0.3) is 0 Å². The normalized spacial score (nSPS) is 19.2. The molecule has 9 heteroatoms. The monoisotopic (exact) mass is 380 g/mol. The molecule has 140 valence electrons. The molecule has 1 fully saturated rings. The molecule has 0 aliphatic carbocycles. The molecule has 0 spiro atoms. The number of rotatable bonds is 6. The van der Waals surface area contributed by atoms with E-state index in [1.54, 1.807) is 19.1 Å². The van der Waals surface area contributed by atoms with Crippen LogP contribution in [0.3, 0.4) is 0 Å². The fourth-order valence-corrected chi connectivity index (χ4v) is 3.44. The minimum absolute atomic E-state index is 0.0230. The minimum Gasteiger partial charge on any atom is -0.465 e. The Kier molecular flexibility index (Phi) is 7.02. The second kappa shape index (κ2) is 9.23. The molecule has 0 radical (unpaired) electrons. The van der Waals surface area contributed by atoms with Gasteiger partial charge in [0.15, 0.2) is 0 Å². The lowest BCUT2D eigenvalue weighted by Crippen LogP contribution is -2.51. The third-order valence-electron chi connectivity index (χ3n) is 3.60. The molecule has 2 amide bonds. The maximum Gasteiger partial charge on any atom is 0.337 e. The molecule has 1 aromatic rings. The lowest BCUT2D eigenvalue weighted by atomic mass is 10.2. The van der Waals surface area contributed by atoms with Gasteiger partial charge in [-0.1, -0.05) is 0 Å². The van der Waals surface area contributed by atoms with Crippen molar-refractivity contribution in [2.75, 3.05) is 24.8 Å². The van der Waals surface area contributed by atoms with Crippen molar-refractivity contribution in [3.8, 4) is 0 Å². The molecule has 26 heavy (non-hydrogen) atoms. The molecule has 1 aliphatic rings. The molecule has 2 rings (SSSR count). The van der Waals surface area contributed by atoms with Crippen molar-refractivity contribution >= 4 is 41.2 Å². The van der Waals surface area contributed by atoms with Crippen molar-refractivity contribution in [2.24, 2.45) is 0 Å². The number of thioether (sulfide) groups is 1. The number of carbonyl (C=O) groups excluding carboxylic acids is 4. The first-order valence-corrected chi connectivity index (χ1v) is 9.06. The molecular weight excluding hydrogens is 360 g/mol. The maximum atomic E-state index is 12.1. The summed E-state index contributed by atoms with van der Waals surface area (Å²) in [5.74, 6) is -1.28. The van der Waals surface area contributed by atoms with Crippen LogP contribution in [0, 0.1) is 0 Å². The fourth-order valence-electron chi connectivity index (χ4n) is 2.30. The zero-order chi connectivity index (χ0) is 19.1. The van der Waals surface area contributed by atoms with Gasteiger partial charge in [-0.3, -0.25) is 9.59 Å². The molecule has 1 aromatic carbocycles. The summed E-state index contributed by atoms with van der Waals surface area (Å²) in [5.41, 5.74) is 0.881. The smallest absolute Gasteiger partial charge is 0.337 e. The van der Waals surface area contributed by atoms with Gasteiger partial charge in [0.25, 0.3) is 0 Å². The van der Waals surface area contributed by atoms with Crippen molar-refractivity contribution < 1.29 is 28.7 Å². The third kappa shape index (κ3) is 5.22. The van der Waals surface area contributed by atoms with Crippen molar-refractivity contribution in [1.82, 2.24) is 5.32 Å². The standard InChI is InChI=1S/C17H20N2O6S/c1-3-25-17(23)12-9-26-13(15(21)19-12)8-14(20)18-11-6-4-10(5-7-11)16(22)24-2/h4-7,12-13H,3,8-9H2,1-2H3,(H,18,20)(H,19,21). The van der Waals surface area contributed by atoms with Crippen molar-refractivity contribution in [2.45, 2.75) is 24.6 Å². The van der Waals surface area contributed by atoms with Crippen molar-refractivity contribution in [3.05, 3.63) is 29.8 Å². The summed E-state index contributed by atoms with van der Waals surface area (Å²) >= 11 is 1.25. The second-order valence-electron chi connectivity index (χ2n) is 5.46. The number of carbonyl (C=O) groups is 4. The molecule has 1 heterocycles. The van der Waals surface area contributed by atoms with Crippen LogP contribution in [-0.4, -0.2) is 54.5 Å². The summed E-state index contributed by atoms with van der Waals surface area (Å²) in [7, 11) is 1.29. The van der Waals surface area contributed by atoms with Crippen LogP contribution >= 0.6 is 11.8 Å². The Morgan fingerprint density at radius 1 is 1.27 bits per heavy atom. The summed E-state index contributed by atoms with van der Waals surface area (Å²) < 4.78 is 9.48. The molecule has 1 saturated heterocycles. The van der Waals surface area contributed by atoms with Gasteiger partial charge in [-0.2, -0.15) is 0 Å². The highest BCUT2D eigenvalue weighted by atomic mass is 32.2. The predicted octanol–water partition coefficient (Wildman–Crippen LogP) is 0.965. The first kappa shape index (κ1) is 19.8. The molecule has 2 atom stereocenters. The van der Waals surface area contributed by atoms with E-state index in [1.165, 1.54) is 31.0 Å². The maximum absolute atomic E-state index is 12.1. The summed E-state index contributed by atoms with van der Waals surface area (Å²) in [6.07, 6.45) is -0.0230. The van der Waals surface area contributed by atoms with Crippen molar-refractivity contribution in [3.63, 3.8) is 0 Å².